The van der Waals surface area contributed by atoms with Crippen LogP contribution in [0.3, 0.4) is 0 Å². The van der Waals surface area contributed by atoms with Crippen LogP contribution in [0.25, 0.3) is 11.0 Å². The monoisotopic (exact) mass is 254 g/mol. The molecule has 19 heavy (non-hydrogen) atoms. The summed E-state index contributed by atoms with van der Waals surface area (Å²) in [6.07, 6.45) is 0. The van der Waals surface area contributed by atoms with Crippen LogP contribution >= 0.6 is 0 Å². The first-order valence-electron chi connectivity index (χ1n) is 5.95. The molecule has 0 fully saturated rings. The Kier molecular flexibility index (Phi) is 2.52. The SMILES string of the molecule is Cn1c(=O)[nH]c2cc(Nc3ccccc3N)ccc21. The Bertz CT molecular complexity index is 801. The van der Waals surface area contributed by atoms with Crippen molar-refractivity contribution in [3.05, 3.63) is 52.9 Å². The van der Waals surface area contributed by atoms with Crippen LogP contribution in [0.4, 0.5) is 17.1 Å². The normalized spacial score (nSPS) is 10.8. The summed E-state index contributed by atoms with van der Waals surface area (Å²) >= 11 is 0. The van der Waals surface area contributed by atoms with Crippen molar-refractivity contribution in [2.75, 3.05) is 11.1 Å². The van der Waals surface area contributed by atoms with Gasteiger partial charge in [0.05, 0.1) is 22.4 Å². The minimum Gasteiger partial charge on any atom is -0.397 e. The van der Waals surface area contributed by atoms with Gasteiger partial charge in [0.25, 0.3) is 0 Å². The Labute approximate surface area is 109 Å². The molecule has 0 radical (unpaired) electrons. The maximum atomic E-state index is 11.5. The standard InChI is InChI=1S/C14H14N4O/c1-18-13-7-6-9(8-12(13)17-14(18)19)16-11-5-3-2-4-10(11)15/h2-8,16H,15H2,1H3,(H,17,19). The molecular formula is C14H14N4O. The van der Waals surface area contributed by atoms with Gasteiger partial charge < -0.3 is 16.0 Å². The number of aromatic nitrogens is 2. The number of fused-ring (bicyclic) bond motifs is 1. The van der Waals surface area contributed by atoms with E-state index >= 15 is 0 Å². The van der Waals surface area contributed by atoms with Crippen LogP contribution in [0.1, 0.15) is 0 Å². The summed E-state index contributed by atoms with van der Waals surface area (Å²) in [5, 5.41) is 3.24. The average Bonchev–Trinajstić information content (AvgIpc) is 2.68. The number of para-hydroxylation sites is 2. The largest absolute Gasteiger partial charge is 0.397 e. The highest BCUT2D eigenvalue weighted by Gasteiger charge is 2.04. The molecule has 96 valence electrons. The summed E-state index contributed by atoms with van der Waals surface area (Å²) in [5.74, 6) is 0. The summed E-state index contributed by atoms with van der Waals surface area (Å²) in [5.41, 5.74) is 9.85. The first-order chi connectivity index (χ1) is 9.15. The van der Waals surface area contributed by atoms with Crippen molar-refractivity contribution >= 4 is 28.1 Å². The Morgan fingerprint density at radius 3 is 2.79 bits per heavy atom. The van der Waals surface area contributed by atoms with Crippen LogP contribution in [-0.4, -0.2) is 9.55 Å². The molecule has 2 aromatic carbocycles. The highest BCUT2D eigenvalue weighted by molar-refractivity contribution is 5.82. The molecule has 4 N–H and O–H groups in total. The molecule has 3 aromatic rings. The second-order valence-corrected chi connectivity index (χ2v) is 4.43. The number of nitrogens with zero attached hydrogens (tertiary/aromatic N) is 1. The van der Waals surface area contributed by atoms with Gasteiger partial charge in [-0.05, 0) is 30.3 Å². The van der Waals surface area contributed by atoms with Gasteiger partial charge in [-0.25, -0.2) is 4.79 Å². The van der Waals surface area contributed by atoms with E-state index in [1.165, 1.54) is 0 Å². The van der Waals surface area contributed by atoms with Crippen molar-refractivity contribution in [3.8, 4) is 0 Å². The highest BCUT2D eigenvalue weighted by atomic mass is 16.1. The molecule has 0 aliphatic carbocycles. The third kappa shape index (κ3) is 1.95. The van der Waals surface area contributed by atoms with E-state index in [-0.39, 0.29) is 5.69 Å². The number of nitrogens with two attached hydrogens (primary N) is 1. The second-order valence-electron chi connectivity index (χ2n) is 4.43. The van der Waals surface area contributed by atoms with E-state index in [9.17, 15) is 4.79 Å². The molecule has 0 bridgehead atoms. The first kappa shape index (κ1) is 11.4. The van der Waals surface area contributed by atoms with E-state index in [0.717, 1.165) is 22.4 Å². The fourth-order valence-electron chi connectivity index (χ4n) is 2.08. The van der Waals surface area contributed by atoms with Crippen molar-refractivity contribution < 1.29 is 0 Å². The minimum atomic E-state index is -0.119. The number of benzene rings is 2. The smallest absolute Gasteiger partial charge is 0.326 e. The molecule has 0 aliphatic rings. The highest BCUT2D eigenvalue weighted by Crippen LogP contribution is 2.24. The predicted molar refractivity (Wildman–Crippen MR) is 77.7 cm³/mol. The number of nitrogens with one attached hydrogen (secondary N) is 2. The van der Waals surface area contributed by atoms with E-state index in [1.54, 1.807) is 11.6 Å². The van der Waals surface area contributed by atoms with Crippen molar-refractivity contribution in [2.45, 2.75) is 0 Å². The lowest BCUT2D eigenvalue weighted by Crippen LogP contribution is -2.11. The van der Waals surface area contributed by atoms with Crippen molar-refractivity contribution in [2.24, 2.45) is 7.05 Å². The van der Waals surface area contributed by atoms with Gasteiger partial charge >= 0.3 is 5.69 Å². The molecule has 3 rings (SSSR count). The van der Waals surface area contributed by atoms with Gasteiger partial charge in [-0.1, -0.05) is 12.1 Å². The number of aryl methyl sites for hydroxylation is 1. The fourth-order valence-corrected chi connectivity index (χ4v) is 2.08. The molecule has 1 heterocycles. The Balaban J connectivity index is 2.03. The summed E-state index contributed by atoms with van der Waals surface area (Å²) in [6.45, 7) is 0. The van der Waals surface area contributed by atoms with Crippen LogP contribution in [0.2, 0.25) is 0 Å². The topological polar surface area (TPSA) is 75.8 Å². The molecule has 0 unspecified atom stereocenters. The van der Waals surface area contributed by atoms with Gasteiger partial charge in [0, 0.05) is 12.7 Å². The zero-order chi connectivity index (χ0) is 13.4. The Hall–Kier alpha value is -2.69. The van der Waals surface area contributed by atoms with Gasteiger partial charge in [0.15, 0.2) is 0 Å². The van der Waals surface area contributed by atoms with Gasteiger partial charge in [-0.3, -0.25) is 4.57 Å². The lowest BCUT2D eigenvalue weighted by atomic mass is 10.2. The molecule has 0 atom stereocenters. The number of imidazole rings is 1. The fraction of sp³-hybridized carbons (Fsp3) is 0.0714. The molecule has 5 heteroatoms. The number of rotatable bonds is 2. The number of hydrogen-bond acceptors (Lipinski definition) is 3. The van der Waals surface area contributed by atoms with E-state index in [0.29, 0.717) is 5.69 Å². The quantitative estimate of drug-likeness (QED) is 0.613. The van der Waals surface area contributed by atoms with Crippen LogP contribution in [0.15, 0.2) is 47.3 Å². The summed E-state index contributed by atoms with van der Waals surface area (Å²) in [4.78, 5) is 14.3. The molecule has 0 saturated heterocycles. The van der Waals surface area contributed by atoms with Gasteiger partial charge in [-0.2, -0.15) is 0 Å². The third-order valence-electron chi connectivity index (χ3n) is 3.14. The van der Waals surface area contributed by atoms with Gasteiger partial charge in [0.2, 0.25) is 0 Å². The van der Waals surface area contributed by atoms with E-state index < -0.39 is 0 Å². The van der Waals surface area contributed by atoms with Gasteiger partial charge in [0.1, 0.15) is 0 Å². The number of anilines is 3. The Morgan fingerprint density at radius 2 is 2.00 bits per heavy atom. The number of aromatic amines is 1. The molecule has 0 saturated carbocycles. The lowest BCUT2D eigenvalue weighted by Gasteiger charge is -2.09. The average molecular weight is 254 g/mol. The second kappa shape index (κ2) is 4.20. The van der Waals surface area contributed by atoms with Crippen LogP contribution in [-0.2, 0) is 7.05 Å². The lowest BCUT2D eigenvalue weighted by molar-refractivity contribution is 0.891. The van der Waals surface area contributed by atoms with Crippen LogP contribution in [0, 0.1) is 0 Å². The molecule has 0 spiro atoms. The summed E-state index contributed by atoms with van der Waals surface area (Å²) in [7, 11) is 1.74. The molecule has 0 amide bonds. The predicted octanol–water partition coefficient (Wildman–Crippen LogP) is 2.19. The molecular weight excluding hydrogens is 240 g/mol. The first-order valence-corrected chi connectivity index (χ1v) is 5.95. The summed E-state index contributed by atoms with van der Waals surface area (Å²) in [6, 6.07) is 13.3. The number of hydrogen-bond donors (Lipinski definition) is 3. The van der Waals surface area contributed by atoms with Crippen LogP contribution in [0.5, 0.6) is 0 Å². The molecule has 0 aliphatic heterocycles. The third-order valence-corrected chi connectivity index (χ3v) is 3.14. The van der Waals surface area contributed by atoms with Gasteiger partial charge in [-0.15, -0.1) is 0 Å². The van der Waals surface area contributed by atoms with Crippen LogP contribution < -0.4 is 16.7 Å². The molecule has 5 nitrogen and oxygen atoms in total. The maximum Gasteiger partial charge on any atom is 0.326 e. The van der Waals surface area contributed by atoms with E-state index in [2.05, 4.69) is 10.3 Å². The van der Waals surface area contributed by atoms with E-state index in [4.69, 9.17) is 5.73 Å². The van der Waals surface area contributed by atoms with Crippen molar-refractivity contribution in [1.82, 2.24) is 9.55 Å². The van der Waals surface area contributed by atoms with Crippen molar-refractivity contribution in [3.63, 3.8) is 0 Å². The Morgan fingerprint density at radius 1 is 1.21 bits per heavy atom. The summed E-state index contributed by atoms with van der Waals surface area (Å²) < 4.78 is 1.58. The molecule has 1 aromatic heterocycles. The zero-order valence-electron chi connectivity index (χ0n) is 10.5. The zero-order valence-corrected chi connectivity index (χ0v) is 10.5. The number of H-pyrrole nitrogens is 1. The van der Waals surface area contributed by atoms with E-state index in [1.807, 2.05) is 42.5 Å². The maximum absolute atomic E-state index is 11.5. The van der Waals surface area contributed by atoms with Crippen molar-refractivity contribution in [1.29, 1.82) is 0 Å². The minimum absolute atomic E-state index is 0.119. The number of nitrogen functional groups attached to an aromatic ring is 1.